The van der Waals surface area contributed by atoms with Crippen molar-refractivity contribution in [2.24, 2.45) is 0 Å². The zero-order valence-electron chi connectivity index (χ0n) is 55.3. The Balaban J connectivity index is 2.61. The van der Waals surface area contributed by atoms with E-state index in [4.69, 9.17) is 14.2 Å². The molecule has 11 nitrogen and oxygen atoms in total. The van der Waals surface area contributed by atoms with Gasteiger partial charge in [0.2, 0.25) is 5.91 Å². The number of aliphatic hydroxyl groups is 5. The summed E-state index contributed by atoms with van der Waals surface area (Å²) >= 11 is 0. The van der Waals surface area contributed by atoms with Crippen LogP contribution in [0.3, 0.4) is 0 Å². The van der Waals surface area contributed by atoms with Crippen molar-refractivity contribution in [3.05, 3.63) is 122 Å². The molecule has 0 aromatic rings. The van der Waals surface area contributed by atoms with Gasteiger partial charge < -0.3 is 45.1 Å². The summed E-state index contributed by atoms with van der Waals surface area (Å²) in [6.45, 7) is 5.65. The maximum atomic E-state index is 13.5. The highest BCUT2D eigenvalue weighted by molar-refractivity contribution is 5.80. The number of ether oxygens (including phenoxy) is 3. The molecule has 1 fully saturated rings. The maximum Gasteiger partial charge on any atom is 0.306 e. The molecular formula is C76H129NO10. The lowest BCUT2D eigenvalue weighted by Crippen LogP contribution is -2.61. The minimum Gasteiger partial charge on any atom is -0.454 e. The van der Waals surface area contributed by atoms with Crippen molar-refractivity contribution >= 4 is 11.9 Å². The molecule has 0 aromatic heterocycles. The van der Waals surface area contributed by atoms with Crippen molar-refractivity contribution < 1.29 is 49.3 Å². The van der Waals surface area contributed by atoms with E-state index < -0.39 is 67.4 Å². The quantitative estimate of drug-likeness (QED) is 0.0195. The van der Waals surface area contributed by atoms with Crippen molar-refractivity contribution in [1.29, 1.82) is 0 Å². The van der Waals surface area contributed by atoms with E-state index in [-0.39, 0.29) is 19.4 Å². The Kier molecular flexibility index (Phi) is 58.0. The molecule has 8 atom stereocenters. The highest BCUT2D eigenvalue weighted by Gasteiger charge is 2.47. The highest BCUT2D eigenvalue weighted by atomic mass is 16.7. The zero-order chi connectivity index (χ0) is 63.1. The number of allylic oxidation sites excluding steroid dienone is 19. The molecule has 1 amide bonds. The number of carbonyl (C=O) groups is 2. The summed E-state index contributed by atoms with van der Waals surface area (Å²) in [5.74, 6) is -1.22. The first-order valence-corrected chi connectivity index (χ1v) is 35.3. The standard InChI is InChI=1S/C76H129NO10/c1-4-7-10-13-16-19-22-25-27-29-31-32-33-34-35-36-37-38-39-41-43-46-49-52-55-58-61-64-71(81)87-74-73(83)72(82)70(65-78)86-76(74)85-66-67(68(79)62-59-56-53-50-47-44-24-21-18-15-12-9-6-3)77-75(84)69(80)63-60-57-54-51-48-45-42-40-30-28-26-23-20-17-14-11-8-5-2/h7,10,16-17,19-20,25-28,31-32,34-35,37-38,40,42,59,62,67-70,72-74,76,78-80,82-83H,4-6,8-9,11-15,18,21-24,29-30,33,36,39,41,43-58,60-61,63-66H2,1-3H3,(H,77,84)/b10-7-,19-16-,20-17-,27-25-,28-26-,32-31-,35-34-,38-37-,42-40-,62-59+. The molecule has 1 saturated heterocycles. The van der Waals surface area contributed by atoms with Crippen LogP contribution in [0.5, 0.6) is 0 Å². The van der Waals surface area contributed by atoms with Gasteiger partial charge in [0.05, 0.1) is 25.4 Å². The van der Waals surface area contributed by atoms with E-state index in [0.29, 0.717) is 12.8 Å². The lowest BCUT2D eigenvalue weighted by molar-refractivity contribution is -0.305. The zero-order valence-corrected chi connectivity index (χ0v) is 55.3. The Morgan fingerprint density at radius 2 is 0.828 bits per heavy atom. The van der Waals surface area contributed by atoms with Crippen LogP contribution in [0.15, 0.2) is 122 Å². The number of unbranched alkanes of at least 4 members (excludes halogenated alkanes) is 27. The summed E-state index contributed by atoms with van der Waals surface area (Å²) in [7, 11) is 0. The lowest BCUT2D eigenvalue weighted by Gasteiger charge is -2.41. The maximum absolute atomic E-state index is 13.5. The Morgan fingerprint density at radius 1 is 0.460 bits per heavy atom. The van der Waals surface area contributed by atoms with Gasteiger partial charge in [-0.05, 0) is 116 Å². The topological polar surface area (TPSA) is 175 Å². The van der Waals surface area contributed by atoms with Gasteiger partial charge in [0.25, 0.3) is 0 Å². The van der Waals surface area contributed by atoms with Crippen molar-refractivity contribution in [3.63, 3.8) is 0 Å². The highest BCUT2D eigenvalue weighted by Crippen LogP contribution is 2.26. The van der Waals surface area contributed by atoms with Crippen molar-refractivity contribution in [3.8, 4) is 0 Å². The number of hydrogen-bond donors (Lipinski definition) is 6. The van der Waals surface area contributed by atoms with Gasteiger partial charge in [0, 0.05) is 6.42 Å². The number of rotatable bonds is 59. The molecule has 0 aliphatic carbocycles. The number of carbonyl (C=O) groups excluding carboxylic acids is 2. The van der Waals surface area contributed by atoms with Gasteiger partial charge in [-0.2, -0.15) is 0 Å². The molecule has 0 saturated carbocycles. The first-order chi connectivity index (χ1) is 42.7. The second-order valence-electron chi connectivity index (χ2n) is 23.9. The van der Waals surface area contributed by atoms with E-state index in [0.717, 1.165) is 135 Å². The van der Waals surface area contributed by atoms with E-state index in [9.17, 15) is 35.1 Å². The Morgan fingerprint density at radius 3 is 1.26 bits per heavy atom. The van der Waals surface area contributed by atoms with Crippen molar-refractivity contribution in [2.75, 3.05) is 13.2 Å². The van der Waals surface area contributed by atoms with Gasteiger partial charge in [-0.25, -0.2) is 0 Å². The van der Waals surface area contributed by atoms with E-state index in [1.54, 1.807) is 6.08 Å². The Bertz CT molecular complexity index is 1880. The van der Waals surface area contributed by atoms with Crippen LogP contribution in [0.4, 0.5) is 0 Å². The van der Waals surface area contributed by atoms with Gasteiger partial charge in [0.15, 0.2) is 12.4 Å². The molecule has 1 rings (SSSR count). The Hall–Kier alpha value is -3.94. The molecule has 8 unspecified atom stereocenters. The number of nitrogens with one attached hydrogen (secondary N) is 1. The fraction of sp³-hybridized carbons (Fsp3) is 0.711. The molecule has 1 aliphatic heterocycles. The van der Waals surface area contributed by atoms with Crippen molar-refractivity contribution in [1.82, 2.24) is 5.32 Å². The van der Waals surface area contributed by atoms with Gasteiger partial charge in [0.1, 0.15) is 24.4 Å². The van der Waals surface area contributed by atoms with Crippen LogP contribution in [0.25, 0.3) is 0 Å². The molecule has 0 radical (unpaired) electrons. The summed E-state index contributed by atoms with van der Waals surface area (Å²) in [6, 6.07) is -1.04. The predicted octanol–water partition coefficient (Wildman–Crippen LogP) is 18.2. The number of hydrogen-bond acceptors (Lipinski definition) is 10. The SMILES string of the molecule is CC/C=C\C/C=C\C/C=C\C/C=C\C/C=C\C/C=C\CCCCCCCCCCC(=O)OC1C(OCC(NC(=O)C(O)CCCCCCC/C=C\C/C=C\C/C=C\CCCCC)C(O)/C=C/CCCCCCCCCCCCC)OC(CO)C(O)C1O. The minimum absolute atomic E-state index is 0.105. The third kappa shape index (κ3) is 49.5. The number of aliphatic hydroxyl groups excluding tert-OH is 5. The molecule has 1 aliphatic rings. The molecule has 0 aromatic carbocycles. The van der Waals surface area contributed by atoms with E-state index >= 15 is 0 Å². The first kappa shape index (κ1) is 81.1. The van der Waals surface area contributed by atoms with Crippen LogP contribution < -0.4 is 5.32 Å². The van der Waals surface area contributed by atoms with E-state index in [2.05, 4.69) is 135 Å². The van der Waals surface area contributed by atoms with Gasteiger partial charge in [-0.15, -0.1) is 0 Å². The molecular weight excluding hydrogens is 1090 g/mol. The minimum atomic E-state index is -1.63. The molecule has 0 bridgehead atoms. The molecule has 87 heavy (non-hydrogen) atoms. The first-order valence-electron chi connectivity index (χ1n) is 35.3. The largest absolute Gasteiger partial charge is 0.454 e. The average Bonchev–Trinajstić information content (AvgIpc) is 2.51. The van der Waals surface area contributed by atoms with Crippen LogP contribution in [-0.4, -0.2) is 99.6 Å². The molecule has 498 valence electrons. The van der Waals surface area contributed by atoms with Crippen LogP contribution >= 0.6 is 0 Å². The van der Waals surface area contributed by atoms with Crippen LogP contribution in [-0.2, 0) is 23.8 Å². The second kappa shape index (κ2) is 62.3. The summed E-state index contributed by atoms with van der Waals surface area (Å²) in [5.41, 5.74) is 0. The van der Waals surface area contributed by atoms with Gasteiger partial charge in [-0.1, -0.05) is 284 Å². The summed E-state index contributed by atoms with van der Waals surface area (Å²) in [5, 5.41) is 57.2. The fourth-order valence-corrected chi connectivity index (χ4v) is 10.3. The van der Waals surface area contributed by atoms with Crippen molar-refractivity contribution in [2.45, 2.75) is 333 Å². The third-order valence-corrected chi connectivity index (χ3v) is 15.8. The second-order valence-corrected chi connectivity index (χ2v) is 23.9. The van der Waals surface area contributed by atoms with E-state index in [1.165, 1.54) is 103 Å². The Labute approximate surface area is 531 Å². The number of amides is 1. The molecule has 1 heterocycles. The molecule has 0 spiro atoms. The summed E-state index contributed by atoms with van der Waals surface area (Å²) < 4.78 is 17.7. The smallest absolute Gasteiger partial charge is 0.306 e. The monoisotopic (exact) mass is 1220 g/mol. The van der Waals surface area contributed by atoms with Crippen LogP contribution in [0, 0.1) is 0 Å². The normalized spacial score (nSPS) is 19.0. The van der Waals surface area contributed by atoms with Crippen LogP contribution in [0.2, 0.25) is 0 Å². The third-order valence-electron chi connectivity index (χ3n) is 15.8. The summed E-state index contributed by atoms with van der Waals surface area (Å²) in [4.78, 5) is 26.7. The summed E-state index contributed by atoms with van der Waals surface area (Å²) in [6.07, 6.45) is 76.5. The van der Waals surface area contributed by atoms with Crippen LogP contribution in [0.1, 0.15) is 284 Å². The fourth-order valence-electron chi connectivity index (χ4n) is 10.3. The van der Waals surface area contributed by atoms with Gasteiger partial charge >= 0.3 is 5.97 Å². The van der Waals surface area contributed by atoms with Gasteiger partial charge in [-0.3, -0.25) is 9.59 Å². The lowest BCUT2D eigenvalue weighted by atomic mass is 9.99. The molecule has 6 N–H and O–H groups in total. The number of esters is 1. The van der Waals surface area contributed by atoms with E-state index in [1.807, 2.05) is 6.08 Å². The molecule has 11 heteroatoms. The average molecular weight is 1220 g/mol. The predicted molar refractivity (Wildman–Crippen MR) is 365 cm³/mol.